The molecule has 4 rings (SSSR count). The molecular weight excluding hydrogens is 458 g/mol. The first-order valence-corrected chi connectivity index (χ1v) is 11.8. The van der Waals surface area contributed by atoms with E-state index in [0.29, 0.717) is 20.2 Å². The van der Waals surface area contributed by atoms with Gasteiger partial charge in [-0.1, -0.05) is 34.9 Å². The Labute approximate surface area is 180 Å². The second-order valence-corrected chi connectivity index (χ2v) is 10.4. The Morgan fingerprint density at radius 1 is 1.45 bits per heavy atom. The molecule has 0 radical (unpaired) electrons. The molecule has 3 N–H and O–H groups in total. The van der Waals surface area contributed by atoms with E-state index < -0.39 is 23.3 Å². The normalized spacial score (nSPS) is 21.0. The molecule has 0 aromatic carbocycles. The number of carbonyl (C=O) groups excluding carboxylic acids is 2. The van der Waals surface area contributed by atoms with Crippen molar-refractivity contribution in [3.8, 4) is 0 Å². The van der Waals surface area contributed by atoms with Crippen molar-refractivity contribution < 1.29 is 19.5 Å². The van der Waals surface area contributed by atoms with Crippen molar-refractivity contribution in [3.05, 3.63) is 21.9 Å². The molecule has 2 amide bonds. The Hall–Kier alpha value is -2.10. The summed E-state index contributed by atoms with van der Waals surface area (Å²) in [4.78, 5) is 42.3. The number of carbonyl (C=O) groups is 3. The van der Waals surface area contributed by atoms with Gasteiger partial charge in [0.05, 0.1) is 5.75 Å². The van der Waals surface area contributed by atoms with Crippen LogP contribution in [-0.2, 0) is 14.4 Å². The van der Waals surface area contributed by atoms with Crippen LogP contribution in [0.3, 0.4) is 0 Å². The summed E-state index contributed by atoms with van der Waals surface area (Å²) in [6, 6.07) is -0.754. The van der Waals surface area contributed by atoms with Gasteiger partial charge in [-0.25, -0.2) is 9.78 Å². The number of aromatic amines is 1. The van der Waals surface area contributed by atoms with Gasteiger partial charge in [-0.05, 0) is 6.92 Å². The third-order valence-electron chi connectivity index (χ3n) is 3.90. The molecule has 1 fully saturated rings. The first-order valence-electron chi connectivity index (χ1n) is 8.10. The highest BCUT2D eigenvalue weighted by atomic mass is 32.2. The number of fused-ring (bicyclic) bond motifs is 1. The summed E-state index contributed by atoms with van der Waals surface area (Å²) in [6.07, 6.45) is 1.32. The minimum absolute atomic E-state index is 0.0793. The van der Waals surface area contributed by atoms with E-state index in [2.05, 4.69) is 30.7 Å². The number of nitrogens with zero attached hydrogens (tertiary/aromatic N) is 5. The number of β-lactam (4-membered cyclic amide) rings is 1. The Kier molecular flexibility index (Phi) is 5.80. The van der Waals surface area contributed by atoms with Gasteiger partial charge in [0.1, 0.15) is 28.4 Å². The maximum Gasteiger partial charge on any atom is 0.353 e. The molecule has 152 valence electrons. The number of amides is 2. The van der Waals surface area contributed by atoms with Crippen LogP contribution in [0.2, 0.25) is 0 Å². The van der Waals surface area contributed by atoms with E-state index in [4.69, 9.17) is 0 Å². The Balaban J connectivity index is 1.41. The highest BCUT2D eigenvalue weighted by Crippen LogP contribution is 2.44. The lowest BCUT2D eigenvalue weighted by atomic mass is 10.1. The fourth-order valence-electron chi connectivity index (χ4n) is 2.71. The molecule has 2 aliphatic heterocycles. The van der Waals surface area contributed by atoms with Crippen molar-refractivity contribution in [1.82, 2.24) is 35.6 Å². The maximum atomic E-state index is 12.6. The Bertz CT molecular complexity index is 992. The second-order valence-electron chi connectivity index (χ2n) is 5.80. The smallest absolute Gasteiger partial charge is 0.353 e. The van der Waals surface area contributed by atoms with Crippen LogP contribution in [0.4, 0.5) is 0 Å². The van der Waals surface area contributed by atoms with E-state index in [9.17, 15) is 19.5 Å². The number of carboxylic acid groups (broad SMARTS) is 1. The van der Waals surface area contributed by atoms with Crippen molar-refractivity contribution in [2.24, 2.45) is 0 Å². The molecule has 0 unspecified atom stereocenters. The first kappa shape index (κ1) is 20.2. The van der Waals surface area contributed by atoms with Crippen molar-refractivity contribution in [2.45, 2.75) is 27.8 Å². The molecule has 29 heavy (non-hydrogen) atoms. The Morgan fingerprint density at radius 2 is 2.28 bits per heavy atom. The molecule has 0 saturated carbocycles. The van der Waals surface area contributed by atoms with Gasteiger partial charge in [0, 0.05) is 10.7 Å². The SMILES string of the molecule is Cc1nnc(SCC(=O)N[C@@H]2C(=O)N3C(C(=O)O)=C(Sc4ncn[nH]4)CS[C@@H]23)s1. The summed E-state index contributed by atoms with van der Waals surface area (Å²) in [5.74, 6) is -1.47. The van der Waals surface area contributed by atoms with Crippen LogP contribution >= 0.6 is 46.6 Å². The minimum atomic E-state index is -1.20. The number of carboxylic acids is 1. The molecule has 4 heterocycles. The van der Waals surface area contributed by atoms with Crippen LogP contribution in [-0.4, -0.2) is 76.1 Å². The third kappa shape index (κ3) is 4.12. The summed E-state index contributed by atoms with van der Waals surface area (Å²) in [7, 11) is 0. The zero-order chi connectivity index (χ0) is 20.5. The first-order chi connectivity index (χ1) is 13.9. The van der Waals surface area contributed by atoms with Crippen molar-refractivity contribution in [3.63, 3.8) is 0 Å². The van der Waals surface area contributed by atoms with Gasteiger partial charge >= 0.3 is 5.97 Å². The van der Waals surface area contributed by atoms with Gasteiger partial charge in [0.2, 0.25) is 5.91 Å². The highest BCUT2D eigenvalue weighted by Gasteiger charge is 2.54. The molecule has 0 bridgehead atoms. The van der Waals surface area contributed by atoms with Gasteiger partial charge < -0.3 is 10.4 Å². The molecule has 0 aliphatic carbocycles. The zero-order valence-corrected chi connectivity index (χ0v) is 18.0. The maximum absolute atomic E-state index is 12.6. The topological polar surface area (TPSA) is 154 Å². The summed E-state index contributed by atoms with van der Waals surface area (Å²) >= 11 is 5.15. The van der Waals surface area contributed by atoms with Crippen molar-refractivity contribution in [1.29, 1.82) is 0 Å². The van der Waals surface area contributed by atoms with Crippen LogP contribution < -0.4 is 5.32 Å². The number of rotatable bonds is 7. The molecule has 11 nitrogen and oxygen atoms in total. The number of aryl methyl sites for hydroxylation is 1. The fourth-order valence-corrected chi connectivity index (χ4v) is 6.68. The molecule has 2 aromatic heterocycles. The zero-order valence-electron chi connectivity index (χ0n) is 14.7. The minimum Gasteiger partial charge on any atom is -0.477 e. The van der Waals surface area contributed by atoms with Gasteiger partial charge in [-0.3, -0.25) is 19.6 Å². The third-order valence-corrected chi connectivity index (χ3v) is 8.31. The molecule has 1 saturated heterocycles. The van der Waals surface area contributed by atoms with Crippen LogP contribution in [0.25, 0.3) is 0 Å². The van der Waals surface area contributed by atoms with Crippen molar-refractivity contribution >= 4 is 64.4 Å². The monoisotopic (exact) mass is 471 g/mol. The molecule has 0 spiro atoms. The lowest BCUT2D eigenvalue weighted by Gasteiger charge is -2.49. The summed E-state index contributed by atoms with van der Waals surface area (Å²) in [5.41, 5.74) is -0.0793. The molecule has 2 aliphatic rings. The largest absolute Gasteiger partial charge is 0.477 e. The molecule has 2 atom stereocenters. The molecule has 2 aromatic rings. The number of thioether (sulfide) groups is 3. The number of H-pyrrole nitrogens is 1. The predicted molar refractivity (Wildman–Crippen MR) is 107 cm³/mol. The number of aromatic nitrogens is 5. The van der Waals surface area contributed by atoms with Gasteiger partial charge in [0.25, 0.3) is 5.91 Å². The van der Waals surface area contributed by atoms with Gasteiger partial charge in [-0.15, -0.1) is 22.0 Å². The van der Waals surface area contributed by atoms with E-state index in [1.54, 1.807) is 0 Å². The Morgan fingerprint density at radius 3 is 2.93 bits per heavy atom. The van der Waals surface area contributed by atoms with Crippen LogP contribution in [0.1, 0.15) is 5.01 Å². The number of hydrogen-bond acceptors (Lipinski definition) is 11. The van der Waals surface area contributed by atoms with E-state index in [-0.39, 0.29) is 17.4 Å². The van der Waals surface area contributed by atoms with Crippen LogP contribution in [0, 0.1) is 6.92 Å². The summed E-state index contributed by atoms with van der Waals surface area (Å²) in [6.45, 7) is 1.83. The summed E-state index contributed by atoms with van der Waals surface area (Å²) < 4.78 is 0.677. The number of nitrogens with one attached hydrogen (secondary N) is 2. The van der Waals surface area contributed by atoms with Gasteiger partial charge in [-0.2, -0.15) is 5.10 Å². The lowest BCUT2D eigenvalue weighted by molar-refractivity contribution is -0.150. The van der Waals surface area contributed by atoms with Crippen LogP contribution in [0.5, 0.6) is 0 Å². The van der Waals surface area contributed by atoms with E-state index >= 15 is 0 Å². The lowest BCUT2D eigenvalue weighted by Crippen LogP contribution is -2.70. The van der Waals surface area contributed by atoms with Crippen molar-refractivity contribution in [2.75, 3.05) is 11.5 Å². The molecular formula is C14H13N7O4S4. The average Bonchev–Trinajstić information content (AvgIpc) is 3.35. The summed E-state index contributed by atoms with van der Waals surface area (Å²) in [5, 5.41) is 27.3. The molecule has 15 heteroatoms. The fraction of sp³-hybridized carbons (Fsp3) is 0.357. The van der Waals surface area contributed by atoms with E-state index in [0.717, 1.165) is 16.8 Å². The predicted octanol–water partition coefficient (Wildman–Crippen LogP) is 0.545. The van der Waals surface area contributed by atoms with Gasteiger partial charge in [0.15, 0.2) is 9.50 Å². The van der Waals surface area contributed by atoms with E-state index in [1.165, 1.54) is 46.1 Å². The number of hydrogen-bond donors (Lipinski definition) is 3. The van der Waals surface area contributed by atoms with Crippen LogP contribution in [0.15, 0.2) is 26.4 Å². The second kappa shape index (κ2) is 8.33. The number of aliphatic carboxylic acids is 1. The standard InChI is InChI=1S/C14H13N7O4S4/c1-5-18-20-14(28-5)27-3-7(22)17-8-10(23)21-9(12(24)25)6(2-26-11(8)21)29-13-15-4-16-19-13/h4,8,11H,2-3H2,1H3,(H,17,22)(H,24,25)(H,15,16,19)/t8-,11+/m1/s1. The average molecular weight is 472 g/mol. The van der Waals surface area contributed by atoms with E-state index in [1.807, 2.05) is 6.92 Å². The quantitative estimate of drug-likeness (QED) is 0.383. The highest BCUT2D eigenvalue weighted by molar-refractivity contribution is 8.06.